The lowest BCUT2D eigenvalue weighted by atomic mass is 9.77. The maximum absolute atomic E-state index is 10.2. The van der Waals surface area contributed by atoms with Gasteiger partial charge >= 0.3 is 0 Å². The van der Waals surface area contributed by atoms with Gasteiger partial charge in [-0.15, -0.1) is 0 Å². The number of aliphatic hydroxyl groups excluding tert-OH is 1. The molecule has 0 spiro atoms. The van der Waals surface area contributed by atoms with Crippen LogP contribution < -0.4 is 0 Å². The van der Waals surface area contributed by atoms with Crippen LogP contribution in [0.5, 0.6) is 0 Å². The molecule has 0 aliphatic heterocycles. The molecule has 2 aliphatic rings. The largest absolute Gasteiger partial charge is 0.391 e. The highest BCUT2D eigenvalue weighted by Gasteiger charge is 2.37. The second-order valence-corrected chi connectivity index (χ2v) is 5.99. The molecule has 4 unspecified atom stereocenters. The Hall–Kier alpha value is -0.0800. The lowest BCUT2D eigenvalue weighted by molar-refractivity contribution is -0.0154. The molecular weight excluding hydrogens is 186 g/mol. The lowest BCUT2D eigenvalue weighted by Crippen LogP contribution is -2.50. The van der Waals surface area contributed by atoms with Gasteiger partial charge in [0.25, 0.3) is 0 Å². The summed E-state index contributed by atoms with van der Waals surface area (Å²) >= 11 is 0. The molecule has 4 atom stereocenters. The van der Waals surface area contributed by atoms with E-state index in [2.05, 4.69) is 25.8 Å². The van der Waals surface area contributed by atoms with Crippen molar-refractivity contribution in [2.45, 2.75) is 51.7 Å². The smallest absolute Gasteiger partial charge is 0.0700 e. The van der Waals surface area contributed by atoms with Crippen LogP contribution in [0.3, 0.4) is 0 Å². The van der Waals surface area contributed by atoms with Gasteiger partial charge in [-0.2, -0.15) is 0 Å². The number of likely N-dealkylation sites (N-methyl/N-ethyl adjacent to an activating group) is 1. The Morgan fingerprint density at radius 3 is 2.40 bits per heavy atom. The Morgan fingerprint density at radius 2 is 1.87 bits per heavy atom. The molecule has 0 aromatic heterocycles. The van der Waals surface area contributed by atoms with Crippen molar-refractivity contribution in [3.05, 3.63) is 0 Å². The van der Waals surface area contributed by atoms with Crippen LogP contribution in [0.25, 0.3) is 0 Å². The molecule has 0 aromatic rings. The molecule has 1 N–H and O–H groups in total. The van der Waals surface area contributed by atoms with E-state index < -0.39 is 0 Å². The van der Waals surface area contributed by atoms with Gasteiger partial charge in [0.1, 0.15) is 0 Å². The van der Waals surface area contributed by atoms with Crippen molar-refractivity contribution < 1.29 is 5.11 Å². The van der Waals surface area contributed by atoms with E-state index in [9.17, 15) is 5.11 Å². The second-order valence-electron chi connectivity index (χ2n) is 5.99. The fourth-order valence-corrected chi connectivity index (χ4v) is 3.36. The summed E-state index contributed by atoms with van der Waals surface area (Å²) in [5.74, 6) is 2.27. The molecule has 0 amide bonds. The normalized spacial score (nSPS) is 42.2. The van der Waals surface area contributed by atoms with Crippen molar-refractivity contribution in [2.75, 3.05) is 13.6 Å². The van der Waals surface area contributed by atoms with Crippen LogP contribution >= 0.6 is 0 Å². The standard InChI is InChI=1S/C13H25NO/c1-9-6-10(2)13(12(15)7-9)14(3)8-11-4-5-11/h9-13,15H,4-8H2,1-3H3. The van der Waals surface area contributed by atoms with Crippen molar-refractivity contribution in [1.29, 1.82) is 0 Å². The highest BCUT2D eigenvalue weighted by Crippen LogP contribution is 2.35. The van der Waals surface area contributed by atoms with Gasteiger partial charge in [0, 0.05) is 12.6 Å². The van der Waals surface area contributed by atoms with Crippen molar-refractivity contribution in [3.63, 3.8) is 0 Å². The van der Waals surface area contributed by atoms with Crippen LogP contribution in [-0.2, 0) is 0 Å². The maximum Gasteiger partial charge on any atom is 0.0700 e. The minimum absolute atomic E-state index is 0.104. The summed E-state index contributed by atoms with van der Waals surface area (Å²) in [7, 11) is 2.19. The quantitative estimate of drug-likeness (QED) is 0.773. The van der Waals surface area contributed by atoms with E-state index in [1.807, 2.05) is 0 Å². The predicted octanol–water partition coefficient (Wildman–Crippen LogP) is 2.12. The van der Waals surface area contributed by atoms with Crippen LogP contribution in [-0.4, -0.2) is 35.7 Å². The number of rotatable bonds is 3. The van der Waals surface area contributed by atoms with Gasteiger partial charge in [0.15, 0.2) is 0 Å². The van der Waals surface area contributed by atoms with Crippen LogP contribution in [0, 0.1) is 17.8 Å². The summed E-state index contributed by atoms with van der Waals surface area (Å²) in [6, 6.07) is 0.404. The summed E-state index contributed by atoms with van der Waals surface area (Å²) in [5, 5.41) is 10.2. The van der Waals surface area contributed by atoms with Crippen molar-refractivity contribution in [1.82, 2.24) is 4.90 Å². The number of hydrogen-bond donors (Lipinski definition) is 1. The topological polar surface area (TPSA) is 23.5 Å². The fraction of sp³-hybridized carbons (Fsp3) is 1.00. The van der Waals surface area contributed by atoms with Gasteiger partial charge < -0.3 is 10.0 Å². The first-order chi connectivity index (χ1) is 7.08. The van der Waals surface area contributed by atoms with Crippen molar-refractivity contribution in [2.24, 2.45) is 17.8 Å². The SMILES string of the molecule is CC1CC(C)C(N(C)CC2CC2)C(O)C1. The number of aliphatic hydroxyl groups is 1. The van der Waals surface area contributed by atoms with Crippen molar-refractivity contribution in [3.8, 4) is 0 Å². The van der Waals surface area contributed by atoms with Gasteiger partial charge in [-0.05, 0) is 50.5 Å². The molecule has 0 aromatic carbocycles. The van der Waals surface area contributed by atoms with Gasteiger partial charge in [-0.3, -0.25) is 0 Å². The van der Waals surface area contributed by atoms with E-state index in [1.165, 1.54) is 25.8 Å². The average molecular weight is 211 g/mol. The first-order valence-corrected chi connectivity index (χ1v) is 6.46. The molecule has 2 fully saturated rings. The zero-order valence-electron chi connectivity index (χ0n) is 10.3. The Bertz CT molecular complexity index is 203. The Labute approximate surface area is 93.7 Å². The third kappa shape index (κ3) is 2.73. The molecule has 2 nitrogen and oxygen atoms in total. The van der Waals surface area contributed by atoms with E-state index in [0.29, 0.717) is 17.9 Å². The summed E-state index contributed by atoms with van der Waals surface area (Å²) in [6.45, 7) is 5.75. The first kappa shape index (κ1) is 11.4. The molecule has 0 bridgehead atoms. The van der Waals surface area contributed by atoms with E-state index >= 15 is 0 Å². The predicted molar refractivity (Wildman–Crippen MR) is 62.7 cm³/mol. The molecule has 2 heteroatoms. The van der Waals surface area contributed by atoms with Crippen LogP contribution in [0.2, 0.25) is 0 Å². The van der Waals surface area contributed by atoms with E-state index in [-0.39, 0.29) is 6.10 Å². The first-order valence-electron chi connectivity index (χ1n) is 6.46. The molecule has 0 heterocycles. The zero-order chi connectivity index (χ0) is 11.0. The van der Waals surface area contributed by atoms with Gasteiger partial charge in [-0.25, -0.2) is 0 Å². The van der Waals surface area contributed by atoms with Crippen LogP contribution in [0.4, 0.5) is 0 Å². The lowest BCUT2D eigenvalue weighted by Gasteiger charge is -2.42. The number of hydrogen-bond acceptors (Lipinski definition) is 2. The third-order valence-electron chi connectivity index (χ3n) is 4.15. The molecule has 2 saturated carbocycles. The van der Waals surface area contributed by atoms with E-state index in [0.717, 1.165) is 12.3 Å². The van der Waals surface area contributed by atoms with Crippen LogP contribution in [0.15, 0.2) is 0 Å². The van der Waals surface area contributed by atoms with E-state index in [4.69, 9.17) is 0 Å². The summed E-state index contributed by atoms with van der Waals surface area (Å²) < 4.78 is 0. The highest BCUT2D eigenvalue weighted by molar-refractivity contribution is 4.90. The van der Waals surface area contributed by atoms with Gasteiger partial charge in [0.2, 0.25) is 0 Å². The third-order valence-corrected chi connectivity index (χ3v) is 4.15. The summed E-state index contributed by atoms with van der Waals surface area (Å²) in [5.41, 5.74) is 0. The molecule has 2 aliphatic carbocycles. The summed E-state index contributed by atoms with van der Waals surface area (Å²) in [4.78, 5) is 2.42. The molecule has 0 saturated heterocycles. The summed E-state index contributed by atoms with van der Waals surface area (Å²) in [6.07, 6.45) is 4.96. The van der Waals surface area contributed by atoms with Crippen molar-refractivity contribution >= 4 is 0 Å². The number of nitrogens with zero attached hydrogens (tertiary/aromatic N) is 1. The van der Waals surface area contributed by atoms with E-state index in [1.54, 1.807) is 0 Å². The molecule has 88 valence electrons. The minimum Gasteiger partial charge on any atom is -0.391 e. The maximum atomic E-state index is 10.2. The van der Waals surface area contributed by atoms with Gasteiger partial charge in [-0.1, -0.05) is 13.8 Å². The average Bonchev–Trinajstić information content (AvgIpc) is 2.85. The fourth-order valence-electron chi connectivity index (χ4n) is 3.36. The monoisotopic (exact) mass is 211 g/mol. The Morgan fingerprint density at radius 1 is 1.20 bits per heavy atom. The molecular formula is C13H25NO. The van der Waals surface area contributed by atoms with Crippen LogP contribution in [0.1, 0.15) is 39.5 Å². The Kier molecular flexibility index (Phi) is 3.36. The van der Waals surface area contributed by atoms with Gasteiger partial charge in [0.05, 0.1) is 6.10 Å². The minimum atomic E-state index is -0.104. The highest BCUT2D eigenvalue weighted by atomic mass is 16.3. The molecule has 2 rings (SSSR count). The molecule has 15 heavy (non-hydrogen) atoms. The Balaban J connectivity index is 1.92. The second kappa shape index (κ2) is 4.42. The molecule has 0 radical (unpaired) electrons. The zero-order valence-corrected chi connectivity index (χ0v) is 10.3.